The van der Waals surface area contributed by atoms with Crippen LogP contribution in [0.1, 0.15) is 19.8 Å². The average molecular weight is 272 g/mol. The van der Waals surface area contributed by atoms with Gasteiger partial charge in [-0.2, -0.15) is 0 Å². The number of urea groups is 1. The highest BCUT2D eigenvalue weighted by atomic mass is 16.5. The van der Waals surface area contributed by atoms with Crippen LogP contribution in [0.4, 0.5) is 4.79 Å². The van der Waals surface area contributed by atoms with E-state index in [1.807, 2.05) is 6.92 Å². The molecule has 1 unspecified atom stereocenters. The number of carboxylic acid groups (broad SMARTS) is 1. The standard InChI is InChI=1S/C12H20N2O5/c1-3-5-13(8-10(15)16)12(18)14-6-4-9(7-14)11(17)19-2/h9H,3-8H2,1-2H3,(H,15,16). The largest absolute Gasteiger partial charge is 0.480 e. The Labute approximate surface area is 112 Å². The van der Waals surface area contributed by atoms with Gasteiger partial charge in [0.05, 0.1) is 13.0 Å². The maximum absolute atomic E-state index is 12.2. The molecule has 7 heteroatoms. The summed E-state index contributed by atoms with van der Waals surface area (Å²) in [4.78, 5) is 37.1. The third kappa shape index (κ3) is 4.11. The fourth-order valence-electron chi connectivity index (χ4n) is 2.17. The van der Waals surface area contributed by atoms with Crippen LogP contribution in [0.25, 0.3) is 0 Å². The van der Waals surface area contributed by atoms with Gasteiger partial charge >= 0.3 is 18.0 Å². The number of amides is 2. The number of likely N-dealkylation sites (tertiary alicyclic amines) is 1. The highest BCUT2D eigenvalue weighted by Crippen LogP contribution is 2.19. The number of aliphatic carboxylic acids is 1. The smallest absolute Gasteiger partial charge is 0.323 e. The number of rotatable bonds is 5. The molecule has 0 spiro atoms. The molecule has 0 aromatic carbocycles. The number of nitrogens with zero attached hydrogens (tertiary/aromatic N) is 2. The van der Waals surface area contributed by atoms with E-state index in [1.54, 1.807) is 0 Å². The Morgan fingerprint density at radius 3 is 2.63 bits per heavy atom. The summed E-state index contributed by atoms with van der Waals surface area (Å²) >= 11 is 0. The van der Waals surface area contributed by atoms with Crippen LogP contribution in [0, 0.1) is 5.92 Å². The van der Waals surface area contributed by atoms with Crippen molar-refractivity contribution >= 4 is 18.0 Å². The Balaban J connectivity index is 2.60. The second-order valence-corrected chi connectivity index (χ2v) is 4.55. The highest BCUT2D eigenvalue weighted by Gasteiger charge is 2.33. The van der Waals surface area contributed by atoms with E-state index >= 15 is 0 Å². The molecule has 19 heavy (non-hydrogen) atoms. The predicted octanol–water partition coefficient (Wildman–Crippen LogP) is 0.398. The van der Waals surface area contributed by atoms with Crippen molar-refractivity contribution < 1.29 is 24.2 Å². The molecule has 7 nitrogen and oxygen atoms in total. The van der Waals surface area contributed by atoms with Gasteiger partial charge in [0.25, 0.3) is 0 Å². The summed E-state index contributed by atoms with van der Waals surface area (Å²) < 4.78 is 4.65. The van der Waals surface area contributed by atoms with Crippen LogP contribution in [0.5, 0.6) is 0 Å². The molecule has 0 saturated carbocycles. The van der Waals surface area contributed by atoms with Gasteiger partial charge in [0.2, 0.25) is 0 Å². The molecule has 1 aliphatic rings. The van der Waals surface area contributed by atoms with Gasteiger partial charge in [0.15, 0.2) is 0 Å². The van der Waals surface area contributed by atoms with Crippen molar-refractivity contribution in [2.24, 2.45) is 5.92 Å². The number of hydrogen-bond acceptors (Lipinski definition) is 4. The van der Waals surface area contributed by atoms with Gasteiger partial charge in [-0.05, 0) is 12.8 Å². The topological polar surface area (TPSA) is 87.2 Å². The Morgan fingerprint density at radius 1 is 1.42 bits per heavy atom. The number of carbonyl (C=O) groups is 3. The molecule has 1 aliphatic heterocycles. The lowest BCUT2D eigenvalue weighted by Crippen LogP contribution is -2.45. The van der Waals surface area contributed by atoms with Crippen molar-refractivity contribution in [1.29, 1.82) is 0 Å². The number of hydrogen-bond donors (Lipinski definition) is 1. The second kappa shape index (κ2) is 6.96. The molecule has 1 rings (SSSR count). The molecule has 1 heterocycles. The number of methoxy groups -OCH3 is 1. The van der Waals surface area contributed by atoms with Crippen molar-refractivity contribution in [2.45, 2.75) is 19.8 Å². The lowest BCUT2D eigenvalue weighted by Gasteiger charge is -2.26. The SMILES string of the molecule is CCCN(CC(=O)O)C(=O)N1CCC(C(=O)OC)C1. The Morgan fingerprint density at radius 2 is 2.11 bits per heavy atom. The first-order chi connectivity index (χ1) is 8.99. The van der Waals surface area contributed by atoms with E-state index in [4.69, 9.17) is 5.11 Å². The summed E-state index contributed by atoms with van der Waals surface area (Å²) in [6.07, 6.45) is 1.25. The highest BCUT2D eigenvalue weighted by molar-refractivity contribution is 5.81. The van der Waals surface area contributed by atoms with E-state index in [9.17, 15) is 14.4 Å². The predicted molar refractivity (Wildman–Crippen MR) is 66.6 cm³/mol. The molecule has 0 radical (unpaired) electrons. The van der Waals surface area contributed by atoms with Crippen LogP contribution in [0.15, 0.2) is 0 Å². The van der Waals surface area contributed by atoms with Crippen LogP contribution in [0.3, 0.4) is 0 Å². The molecule has 1 fully saturated rings. The molecule has 2 amide bonds. The van der Waals surface area contributed by atoms with Crippen molar-refractivity contribution in [3.63, 3.8) is 0 Å². The molecular formula is C12H20N2O5. The zero-order valence-electron chi connectivity index (χ0n) is 11.3. The van der Waals surface area contributed by atoms with E-state index in [1.165, 1.54) is 16.9 Å². The zero-order chi connectivity index (χ0) is 14.4. The van der Waals surface area contributed by atoms with E-state index in [2.05, 4.69) is 4.74 Å². The minimum atomic E-state index is -1.04. The Bertz CT molecular complexity index is 358. The van der Waals surface area contributed by atoms with Crippen LogP contribution >= 0.6 is 0 Å². The monoisotopic (exact) mass is 272 g/mol. The minimum absolute atomic E-state index is 0.297. The third-order valence-corrected chi connectivity index (χ3v) is 3.08. The lowest BCUT2D eigenvalue weighted by atomic mass is 10.1. The lowest BCUT2D eigenvalue weighted by molar-refractivity contribution is -0.145. The fourth-order valence-corrected chi connectivity index (χ4v) is 2.17. The molecular weight excluding hydrogens is 252 g/mol. The second-order valence-electron chi connectivity index (χ2n) is 4.55. The van der Waals surface area contributed by atoms with Gasteiger partial charge in [-0.3, -0.25) is 9.59 Å². The van der Waals surface area contributed by atoms with Crippen LogP contribution in [-0.2, 0) is 14.3 Å². The van der Waals surface area contributed by atoms with Crippen LogP contribution in [-0.4, -0.2) is 66.2 Å². The van der Waals surface area contributed by atoms with Gasteiger partial charge in [-0.1, -0.05) is 6.92 Å². The van der Waals surface area contributed by atoms with Crippen molar-refractivity contribution in [1.82, 2.24) is 9.80 Å². The zero-order valence-corrected chi connectivity index (χ0v) is 11.3. The van der Waals surface area contributed by atoms with Gasteiger partial charge in [-0.25, -0.2) is 4.79 Å². The molecule has 1 saturated heterocycles. The summed E-state index contributed by atoms with van der Waals surface area (Å²) in [5.41, 5.74) is 0. The normalized spacial score (nSPS) is 18.2. The quantitative estimate of drug-likeness (QED) is 0.732. The number of carbonyl (C=O) groups excluding carboxylic acids is 2. The maximum atomic E-state index is 12.2. The van der Waals surface area contributed by atoms with E-state index in [0.29, 0.717) is 32.5 Å². The first-order valence-electron chi connectivity index (χ1n) is 6.33. The third-order valence-electron chi connectivity index (χ3n) is 3.08. The van der Waals surface area contributed by atoms with Crippen molar-refractivity contribution in [3.05, 3.63) is 0 Å². The number of esters is 1. The molecule has 1 N–H and O–H groups in total. The molecule has 0 aliphatic carbocycles. The first-order valence-corrected chi connectivity index (χ1v) is 6.33. The number of carboxylic acids is 1. The first kappa shape index (κ1) is 15.3. The molecule has 0 aromatic rings. The van der Waals surface area contributed by atoms with E-state index < -0.39 is 5.97 Å². The Kier molecular flexibility index (Phi) is 5.59. The minimum Gasteiger partial charge on any atom is -0.480 e. The van der Waals surface area contributed by atoms with Crippen molar-refractivity contribution in [2.75, 3.05) is 33.3 Å². The summed E-state index contributed by atoms with van der Waals surface area (Å²) in [7, 11) is 1.32. The summed E-state index contributed by atoms with van der Waals surface area (Å²) in [5, 5.41) is 8.79. The summed E-state index contributed by atoms with van der Waals surface area (Å²) in [6.45, 7) is 2.71. The van der Waals surface area contributed by atoms with Crippen LogP contribution < -0.4 is 0 Å². The fraction of sp³-hybridized carbons (Fsp3) is 0.750. The molecule has 0 aromatic heterocycles. The van der Waals surface area contributed by atoms with Gasteiger partial charge < -0.3 is 19.6 Å². The van der Waals surface area contributed by atoms with E-state index in [-0.39, 0.29) is 24.5 Å². The Hall–Kier alpha value is -1.79. The van der Waals surface area contributed by atoms with Gasteiger partial charge in [0.1, 0.15) is 6.54 Å². The van der Waals surface area contributed by atoms with Crippen molar-refractivity contribution in [3.8, 4) is 0 Å². The molecule has 1 atom stereocenters. The van der Waals surface area contributed by atoms with Crippen LogP contribution in [0.2, 0.25) is 0 Å². The van der Waals surface area contributed by atoms with E-state index in [0.717, 1.165) is 0 Å². The molecule has 108 valence electrons. The maximum Gasteiger partial charge on any atom is 0.323 e. The average Bonchev–Trinajstić information content (AvgIpc) is 2.85. The van der Waals surface area contributed by atoms with Gasteiger partial charge in [-0.15, -0.1) is 0 Å². The molecule has 0 bridgehead atoms. The van der Waals surface area contributed by atoms with Gasteiger partial charge in [0, 0.05) is 19.6 Å². The number of ether oxygens (including phenoxy) is 1. The summed E-state index contributed by atoms with van der Waals surface area (Å²) in [6, 6.07) is -0.323. The summed E-state index contributed by atoms with van der Waals surface area (Å²) in [5.74, 6) is -1.66.